The minimum atomic E-state index is -0.409. The topological polar surface area (TPSA) is 59.3 Å². The maximum absolute atomic E-state index is 11.5. The lowest BCUT2D eigenvalue weighted by Crippen LogP contribution is -2.18. The van der Waals surface area contributed by atoms with Crippen molar-refractivity contribution in [3.63, 3.8) is 0 Å². The minimum absolute atomic E-state index is 0.137. The molecule has 0 aromatic heterocycles. The summed E-state index contributed by atoms with van der Waals surface area (Å²) < 4.78 is 10.4. The monoisotopic (exact) mass is 355 g/mol. The SMILES string of the molecule is CC(C)OC(=O)COc1ccc(/C=C(/C#N)c2ccc(Cl)cc2)cc1. The molecule has 4 nitrogen and oxygen atoms in total. The molecule has 0 aliphatic rings. The van der Waals surface area contributed by atoms with Crippen molar-refractivity contribution in [1.29, 1.82) is 5.26 Å². The van der Waals surface area contributed by atoms with Crippen LogP contribution < -0.4 is 4.74 Å². The molecule has 0 aliphatic carbocycles. The Morgan fingerprint density at radius 1 is 1.16 bits per heavy atom. The Kier molecular flexibility index (Phi) is 6.62. The van der Waals surface area contributed by atoms with Gasteiger partial charge < -0.3 is 9.47 Å². The van der Waals surface area contributed by atoms with Crippen LogP contribution in [0.5, 0.6) is 5.75 Å². The van der Waals surface area contributed by atoms with Gasteiger partial charge in [0.25, 0.3) is 0 Å². The summed E-state index contributed by atoms with van der Waals surface area (Å²) in [5, 5.41) is 9.98. The number of rotatable bonds is 6. The molecule has 0 heterocycles. The summed E-state index contributed by atoms with van der Waals surface area (Å²) in [6, 6.07) is 16.4. The van der Waals surface area contributed by atoms with Gasteiger partial charge in [0.05, 0.1) is 17.7 Å². The van der Waals surface area contributed by atoms with Crippen LogP contribution in [0.3, 0.4) is 0 Å². The van der Waals surface area contributed by atoms with Gasteiger partial charge in [-0.3, -0.25) is 0 Å². The van der Waals surface area contributed by atoms with Crippen LogP contribution in [0.15, 0.2) is 48.5 Å². The van der Waals surface area contributed by atoms with Gasteiger partial charge >= 0.3 is 5.97 Å². The van der Waals surface area contributed by atoms with Gasteiger partial charge in [-0.1, -0.05) is 35.9 Å². The molecule has 5 heteroatoms. The molecular formula is C20H18ClNO3. The molecule has 0 unspecified atom stereocenters. The number of ether oxygens (including phenoxy) is 2. The quantitative estimate of drug-likeness (QED) is 0.427. The van der Waals surface area contributed by atoms with Crippen molar-refractivity contribution in [3.05, 3.63) is 64.7 Å². The highest BCUT2D eigenvalue weighted by Crippen LogP contribution is 2.21. The molecule has 0 N–H and O–H groups in total. The summed E-state index contributed by atoms with van der Waals surface area (Å²) in [5.41, 5.74) is 2.18. The highest BCUT2D eigenvalue weighted by molar-refractivity contribution is 6.30. The highest BCUT2D eigenvalue weighted by atomic mass is 35.5. The molecule has 2 aromatic rings. The van der Waals surface area contributed by atoms with Gasteiger partial charge in [-0.15, -0.1) is 0 Å². The average Bonchev–Trinajstić information content (AvgIpc) is 2.59. The van der Waals surface area contributed by atoms with Crippen molar-refractivity contribution >= 4 is 29.2 Å². The molecule has 0 saturated heterocycles. The van der Waals surface area contributed by atoms with E-state index in [2.05, 4.69) is 6.07 Å². The van der Waals surface area contributed by atoms with Gasteiger partial charge in [-0.25, -0.2) is 4.79 Å². The molecule has 2 aromatic carbocycles. The smallest absolute Gasteiger partial charge is 0.344 e. The maximum Gasteiger partial charge on any atom is 0.344 e. The van der Waals surface area contributed by atoms with Crippen LogP contribution in [0.4, 0.5) is 0 Å². The van der Waals surface area contributed by atoms with E-state index in [1.807, 2.05) is 12.1 Å². The minimum Gasteiger partial charge on any atom is -0.482 e. The van der Waals surface area contributed by atoms with Crippen LogP contribution in [-0.2, 0) is 9.53 Å². The Hall–Kier alpha value is -2.77. The molecule has 25 heavy (non-hydrogen) atoms. The van der Waals surface area contributed by atoms with Crippen molar-refractivity contribution in [1.82, 2.24) is 0 Å². The molecule has 0 bridgehead atoms. The van der Waals surface area contributed by atoms with Crippen LogP contribution in [0.2, 0.25) is 5.02 Å². The van der Waals surface area contributed by atoms with E-state index in [-0.39, 0.29) is 12.7 Å². The number of benzene rings is 2. The molecule has 0 atom stereocenters. The van der Waals surface area contributed by atoms with Gasteiger partial charge in [0.15, 0.2) is 6.61 Å². The number of carbonyl (C=O) groups is 1. The third kappa shape index (κ3) is 5.98. The highest BCUT2D eigenvalue weighted by Gasteiger charge is 2.06. The summed E-state index contributed by atoms with van der Waals surface area (Å²) >= 11 is 5.87. The fourth-order valence-corrected chi connectivity index (χ4v) is 2.20. The predicted octanol–water partition coefficient (Wildman–Crippen LogP) is 4.73. The summed E-state index contributed by atoms with van der Waals surface area (Å²) in [5.74, 6) is 0.149. The number of carbonyl (C=O) groups excluding carboxylic acids is 1. The molecule has 128 valence electrons. The number of nitrogens with zero attached hydrogens (tertiary/aromatic N) is 1. The molecule has 0 fully saturated rings. The van der Waals surface area contributed by atoms with Gasteiger partial charge in [0.2, 0.25) is 0 Å². The summed E-state index contributed by atoms with van der Waals surface area (Å²) in [6.45, 7) is 3.43. The standard InChI is InChI=1S/C20H18ClNO3/c1-14(2)25-20(23)13-24-19-9-3-15(4-10-19)11-17(12-22)16-5-7-18(21)8-6-16/h3-11,14H,13H2,1-2H3/b17-11-. The van der Waals surface area contributed by atoms with E-state index in [9.17, 15) is 10.1 Å². The fraction of sp³-hybridized carbons (Fsp3) is 0.200. The first kappa shape index (κ1) is 18.6. The van der Waals surface area contributed by atoms with E-state index >= 15 is 0 Å². The Morgan fingerprint density at radius 2 is 1.80 bits per heavy atom. The maximum atomic E-state index is 11.5. The second-order valence-corrected chi connectivity index (χ2v) is 6.01. The Bertz CT molecular complexity index is 787. The number of esters is 1. The number of halogens is 1. The van der Waals surface area contributed by atoms with E-state index in [4.69, 9.17) is 21.1 Å². The lowest BCUT2D eigenvalue weighted by Gasteiger charge is -2.09. The van der Waals surface area contributed by atoms with Crippen molar-refractivity contribution < 1.29 is 14.3 Å². The molecule has 0 amide bonds. The van der Waals surface area contributed by atoms with Crippen LogP contribution in [0, 0.1) is 11.3 Å². The first-order chi connectivity index (χ1) is 12.0. The van der Waals surface area contributed by atoms with E-state index in [0.717, 1.165) is 11.1 Å². The van der Waals surface area contributed by atoms with Crippen LogP contribution in [0.1, 0.15) is 25.0 Å². The van der Waals surface area contributed by atoms with E-state index in [0.29, 0.717) is 16.3 Å². The van der Waals surface area contributed by atoms with Gasteiger partial charge in [-0.05, 0) is 55.3 Å². The number of hydrogen-bond acceptors (Lipinski definition) is 4. The second-order valence-electron chi connectivity index (χ2n) is 5.57. The second kappa shape index (κ2) is 8.91. The summed E-state index contributed by atoms with van der Waals surface area (Å²) in [6.07, 6.45) is 1.61. The molecular weight excluding hydrogens is 338 g/mol. The van der Waals surface area contributed by atoms with Crippen molar-refractivity contribution in [2.24, 2.45) is 0 Å². The Morgan fingerprint density at radius 3 is 2.36 bits per heavy atom. The Balaban J connectivity index is 2.04. The van der Waals surface area contributed by atoms with E-state index in [1.165, 1.54) is 0 Å². The van der Waals surface area contributed by atoms with Gasteiger partial charge in [-0.2, -0.15) is 5.26 Å². The van der Waals surface area contributed by atoms with Crippen molar-refractivity contribution in [3.8, 4) is 11.8 Å². The molecule has 0 radical (unpaired) electrons. The number of hydrogen-bond donors (Lipinski definition) is 0. The van der Waals surface area contributed by atoms with Crippen LogP contribution in [0.25, 0.3) is 11.6 Å². The van der Waals surface area contributed by atoms with Crippen molar-refractivity contribution in [2.45, 2.75) is 20.0 Å². The number of allylic oxidation sites excluding steroid dienone is 1. The molecule has 0 spiro atoms. The fourth-order valence-electron chi connectivity index (χ4n) is 2.08. The van der Waals surface area contributed by atoms with Gasteiger partial charge in [0, 0.05) is 5.02 Å². The zero-order chi connectivity index (χ0) is 18.2. The molecule has 0 saturated carbocycles. The molecule has 2 rings (SSSR count). The summed E-state index contributed by atoms with van der Waals surface area (Å²) in [7, 11) is 0. The molecule has 0 aliphatic heterocycles. The van der Waals surface area contributed by atoms with Gasteiger partial charge in [0.1, 0.15) is 5.75 Å². The normalized spacial score (nSPS) is 11.1. The Labute approximate surface area is 152 Å². The summed E-state index contributed by atoms with van der Waals surface area (Å²) in [4.78, 5) is 11.5. The lowest BCUT2D eigenvalue weighted by molar-refractivity contribution is -0.149. The first-order valence-corrected chi connectivity index (χ1v) is 8.16. The third-order valence-electron chi connectivity index (χ3n) is 3.19. The lowest BCUT2D eigenvalue weighted by atomic mass is 10.0. The predicted molar refractivity (Wildman–Crippen MR) is 98.1 cm³/mol. The van der Waals surface area contributed by atoms with Crippen molar-refractivity contribution in [2.75, 3.05) is 6.61 Å². The third-order valence-corrected chi connectivity index (χ3v) is 3.44. The average molecular weight is 356 g/mol. The van der Waals surface area contributed by atoms with E-state index < -0.39 is 5.97 Å². The zero-order valence-corrected chi connectivity index (χ0v) is 14.8. The van der Waals surface area contributed by atoms with E-state index in [1.54, 1.807) is 56.3 Å². The number of nitriles is 1. The van der Waals surface area contributed by atoms with Crippen LogP contribution in [-0.4, -0.2) is 18.7 Å². The van der Waals surface area contributed by atoms with Crippen LogP contribution >= 0.6 is 11.6 Å². The zero-order valence-electron chi connectivity index (χ0n) is 14.0. The largest absolute Gasteiger partial charge is 0.482 e. The first-order valence-electron chi connectivity index (χ1n) is 7.78.